The van der Waals surface area contributed by atoms with E-state index in [4.69, 9.17) is 79.0 Å². The standard InChI is InChI=1S/C65H81N9O14P2SSi2/c1-42-52-59(70-39-67-42)74(41-71-52)61-55(54(87-92(11,12)63(2,3)4)50(83-61)37-80-65(44-23-19-16-20-24-44,45-25-29-47(78-9)30-26-45)46-27-31-48(79-10)32-28-46)86-90(91,81-36-34-66-8)82-38-51-53(85-89(76)77)56(88-93(13,14)64(5,6)7)62(84-51)73-35-33-49-57(68-40-69-58(49)73)72-60(75)43-21-17-15-18-22-43/h15-33,35,39-41,50-51,53-56,61-62,89H,34,36-38H2,1-7,9-14H3,(H,76,77)(H,68,69,72,75)/t50-,51-,53-,54-,55-,56-,61-,62-,90?/m1/s1. The van der Waals surface area contributed by atoms with Crippen molar-refractivity contribution in [3.63, 3.8) is 0 Å². The summed E-state index contributed by atoms with van der Waals surface area (Å²) in [5, 5.41) is 2.66. The van der Waals surface area contributed by atoms with Gasteiger partial charge in [-0.05, 0) is 114 Å². The van der Waals surface area contributed by atoms with Crippen molar-refractivity contribution >= 4 is 77.3 Å². The molecule has 0 spiro atoms. The van der Waals surface area contributed by atoms with Crippen LogP contribution in [0.1, 0.15) is 86.7 Å². The molecule has 0 aliphatic carbocycles. The van der Waals surface area contributed by atoms with Crippen LogP contribution in [-0.4, -0.2) is 139 Å². The van der Waals surface area contributed by atoms with Crippen LogP contribution in [0.25, 0.3) is 27.0 Å². The molecule has 8 aromatic rings. The molecule has 2 N–H and O–H groups in total. The number of fused-ring (bicyclic) bond motifs is 2. The van der Waals surface area contributed by atoms with Crippen molar-refractivity contribution in [1.82, 2.24) is 34.1 Å². The molecule has 6 heterocycles. The fourth-order valence-corrected chi connectivity index (χ4v) is 16.1. The Kier molecular flexibility index (Phi) is 21.2. The highest BCUT2D eigenvalue weighted by molar-refractivity contribution is 8.07. The molecule has 2 fully saturated rings. The van der Waals surface area contributed by atoms with Crippen LogP contribution in [0.2, 0.25) is 36.3 Å². The van der Waals surface area contributed by atoms with Crippen LogP contribution in [0.15, 0.2) is 140 Å². The summed E-state index contributed by atoms with van der Waals surface area (Å²) in [7, 11) is -6.18. The molecule has 4 aromatic heterocycles. The second kappa shape index (κ2) is 28.5. The first-order chi connectivity index (χ1) is 44.2. The number of amides is 1. The van der Waals surface area contributed by atoms with Crippen molar-refractivity contribution in [2.45, 2.75) is 139 Å². The van der Waals surface area contributed by atoms with Crippen LogP contribution in [0.5, 0.6) is 11.5 Å². The van der Waals surface area contributed by atoms with Crippen molar-refractivity contribution in [2.75, 3.05) is 45.9 Å². The van der Waals surface area contributed by atoms with E-state index in [-0.39, 0.29) is 41.6 Å². The average molecular weight is 1360 g/mol. The lowest BCUT2D eigenvalue weighted by molar-refractivity contribution is -0.0930. The molecule has 2 unspecified atom stereocenters. The van der Waals surface area contributed by atoms with Crippen LogP contribution in [0.3, 0.4) is 0 Å². The van der Waals surface area contributed by atoms with Crippen LogP contribution < -0.4 is 14.8 Å². The molecule has 0 radical (unpaired) electrons. The smallest absolute Gasteiger partial charge is 0.328 e. The third kappa shape index (κ3) is 14.8. The SMILES string of the molecule is [C-]#[N+]CCOP(=S)(OC[C@H]1O[C@@H](n2ccc3c(NC(=O)c4ccccc4)ncnc32)[C@H](O[Si](C)(C)C(C)(C)C)[C@@H]1O[PH](=O)O)O[C@@H]1[C@H](O[Si](C)(C)C(C)(C)C)[C@@H](COC(c2ccccc2)(c2ccc(OC)cc2)c2ccc(OC)cc2)O[C@H]1n1cnc2c(C)ncnc21. The minimum atomic E-state index is -4.21. The van der Waals surface area contributed by atoms with Crippen LogP contribution in [-0.2, 0) is 63.1 Å². The van der Waals surface area contributed by atoms with E-state index in [9.17, 15) is 14.3 Å². The minimum absolute atomic E-state index is 0.113. The fraction of sp³-hybridized carbons (Fsp3) is 0.431. The number of nitrogens with one attached hydrogen (secondary N) is 1. The van der Waals surface area contributed by atoms with E-state index in [0.29, 0.717) is 45.0 Å². The number of aryl methyl sites for hydroxylation is 1. The van der Waals surface area contributed by atoms with Gasteiger partial charge in [0.1, 0.15) is 90.0 Å². The maximum atomic E-state index is 13.5. The Morgan fingerprint density at radius 3 is 1.83 bits per heavy atom. The number of anilines is 1. The number of aromatic nitrogens is 7. The van der Waals surface area contributed by atoms with Crippen molar-refractivity contribution in [3.8, 4) is 11.5 Å². The van der Waals surface area contributed by atoms with Crippen LogP contribution in [0.4, 0.5) is 5.82 Å². The normalized spacial score (nSPS) is 21.6. The Balaban J connectivity index is 1.07. The van der Waals surface area contributed by atoms with Gasteiger partial charge in [-0.3, -0.25) is 18.5 Å². The number of methoxy groups -OCH3 is 2. The van der Waals surface area contributed by atoms with E-state index in [2.05, 4.69) is 92.8 Å². The molecular weight excluding hydrogens is 1280 g/mol. The number of carbonyl (C=O) groups excluding carboxylic acids is 1. The maximum Gasteiger partial charge on any atom is 0.328 e. The van der Waals surface area contributed by atoms with Gasteiger partial charge in [0.2, 0.25) is 6.54 Å². The first-order valence-corrected chi connectivity index (χ1v) is 40.1. The van der Waals surface area contributed by atoms with Gasteiger partial charge < -0.3 is 65.7 Å². The summed E-state index contributed by atoms with van der Waals surface area (Å²) >= 11 is 6.55. The highest BCUT2D eigenvalue weighted by atomic mass is 32.5. The summed E-state index contributed by atoms with van der Waals surface area (Å²) in [6, 6.07) is 35.9. The molecule has 23 nitrogen and oxygen atoms in total. The number of hydrogen-bond acceptors (Lipinski definition) is 19. The molecule has 1 amide bonds. The monoisotopic (exact) mass is 1360 g/mol. The van der Waals surface area contributed by atoms with E-state index in [1.807, 2.05) is 91.9 Å². The van der Waals surface area contributed by atoms with Crippen LogP contribution in [0, 0.1) is 13.5 Å². The van der Waals surface area contributed by atoms with Crippen molar-refractivity contribution in [3.05, 3.63) is 180 Å². The Morgan fingerprint density at radius 1 is 0.699 bits per heavy atom. The van der Waals surface area contributed by atoms with Gasteiger partial charge in [0.05, 0.1) is 44.8 Å². The second-order valence-corrected chi connectivity index (χ2v) is 39.0. The molecule has 2 aliphatic heterocycles. The Morgan fingerprint density at radius 2 is 1.25 bits per heavy atom. The van der Waals surface area contributed by atoms with Gasteiger partial charge in [-0.15, -0.1) is 0 Å². The van der Waals surface area contributed by atoms with Crippen molar-refractivity contribution in [2.24, 2.45) is 0 Å². The molecule has 2 aliphatic rings. The lowest BCUT2D eigenvalue weighted by atomic mass is 9.80. The third-order valence-corrected chi connectivity index (χ3v) is 29.7. The molecule has 10 atom stereocenters. The third-order valence-electron chi connectivity index (χ3n) is 17.9. The number of carbonyl (C=O) groups is 1. The maximum absolute atomic E-state index is 13.5. The first-order valence-electron chi connectivity index (χ1n) is 30.5. The molecular formula is C65H81N9O14P2SSi2. The first kappa shape index (κ1) is 69.4. The second-order valence-electron chi connectivity index (χ2n) is 25.8. The molecule has 494 valence electrons. The van der Waals surface area contributed by atoms with E-state index >= 15 is 0 Å². The zero-order valence-electron chi connectivity index (χ0n) is 54.4. The Hall–Kier alpha value is -6.48. The van der Waals surface area contributed by atoms with E-state index in [1.54, 1.807) is 66.2 Å². The molecule has 10 rings (SSSR count). The summed E-state index contributed by atoms with van der Waals surface area (Å²) in [5.41, 5.74) is 3.43. The van der Waals surface area contributed by atoms with Gasteiger partial charge in [-0.25, -0.2) is 31.5 Å². The van der Waals surface area contributed by atoms with Gasteiger partial charge in [0.15, 0.2) is 34.7 Å². The van der Waals surface area contributed by atoms with E-state index in [0.717, 1.165) is 16.7 Å². The van der Waals surface area contributed by atoms with Gasteiger partial charge in [-0.2, -0.15) is 0 Å². The van der Waals surface area contributed by atoms with E-state index < -0.39 is 92.9 Å². The zero-order chi connectivity index (χ0) is 66.7. The van der Waals surface area contributed by atoms with Gasteiger partial charge >= 0.3 is 15.0 Å². The summed E-state index contributed by atoms with van der Waals surface area (Å²) in [5.74, 6) is 1.17. The number of ether oxygens (including phenoxy) is 5. The molecule has 28 heteroatoms. The molecule has 4 aromatic carbocycles. The molecule has 0 bridgehead atoms. The lowest BCUT2D eigenvalue weighted by Gasteiger charge is -2.42. The number of nitrogens with zero attached hydrogens (tertiary/aromatic N) is 8. The zero-order valence-corrected chi connectivity index (χ0v) is 59.1. The molecule has 0 saturated carbocycles. The predicted molar refractivity (Wildman–Crippen MR) is 361 cm³/mol. The summed E-state index contributed by atoms with van der Waals surface area (Å²) in [4.78, 5) is 50.9. The predicted octanol–water partition coefficient (Wildman–Crippen LogP) is 12.8. The molecule has 2 saturated heterocycles. The number of benzene rings is 4. The topological polar surface area (TPSA) is 247 Å². The summed E-state index contributed by atoms with van der Waals surface area (Å²) < 4.78 is 91.6. The highest BCUT2D eigenvalue weighted by Gasteiger charge is 2.57. The number of imidazole rings is 1. The van der Waals surface area contributed by atoms with Gasteiger partial charge in [0.25, 0.3) is 5.91 Å². The summed E-state index contributed by atoms with van der Waals surface area (Å²) in [6.07, 6.45) is -2.76. The fourth-order valence-electron chi connectivity index (χ4n) is 10.9. The lowest BCUT2D eigenvalue weighted by Crippen LogP contribution is -2.51. The number of rotatable bonds is 26. The minimum Gasteiger partial charge on any atom is -0.497 e. The van der Waals surface area contributed by atoms with Crippen molar-refractivity contribution in [1.29, 1.82) is 0 Å². The van der Waals surface area contributed by atoms with Gasteiger partial charge in [-0.1, -0.05) is 114 Å². The average Bonchev–Trinajstić information content (AvgIpc) is 1.76. The summed E-state index contributed by atoms with van der Waals surface area (Å²) in [6.45, 7) is 25.6. The Labute approximate surface area is 550 Å². The van der Waals surface area contributed by atoms with Crippen LogP contribution >= 0.6 is 15.0 Å². The molecule has 93 heavy (non-hydrogen) atoms. The number of hydrogen-bond donors (Lipinski definition) is 2. The van der Waals surface area contributed by atoms with Crippen molar-refractivity contribution < 1.29 is 64.9 Å². The highest BCUT2D eigenvalue weighted by Crippen LogP contribution is 2.57. The van der Waals surface area contributed by atoms with E-state index in [1.165, 1.54) is 12.7 Å². The quantitative estimate of drug-likeness (QED) is 0.0168. The largest absolute Gasteiger partial charge is 0.497 e. The van der Waals surface area contributed by atoms with Gasteiger partial charge in [0, 0.05) is 11.8 Å². The Bertz CT molecular complexity index is 3960.